The van der Waals surface area contributed by atoms with Crippen molar-refractivity contribution in [2.75, 3.05) is 6.54 Å². The lowest BCUT2D eigenvalue weighted by Crippen LogP contribution is -2.42. The molecule has 1 heterocycles. The Hall–Kier alpha value is -2.05. The molecule has 0 radical (unpaired) electrons. The molecule has 4 nitrogen and oxygen atoms in total. The van der Waals surface area contributed by atoms with E-state index in [2.05, 4.69) is 5.32 Å². The second-order valence-corrected chi connectivity index (χ2v) is 4.95. The summed E-state index contributed by atoms with van der Waals surface area (Å²) in [5.74, 6) is -0.653. The van der Waals surface area contributed by atoms with Crippen molar-refractivity contribution in [1.29, 1.82) is 0 Å². The lowest BCUT2D eigenvalue weighted by molar-refractivity contribution is -0.140. The van der Waals surface area contributed by atoms with E-state index in [4.69, 9.17) is 0 Å². The molecule has 2 amide bonds. The Morgan fingerprint density at radius 2 is 1.95 bits per heavy atom. The van der Waals surface area contributed by atoms with Gasteiger partial charge in [0.2, 0.25) is 11.8 Å². The molecule has 21 heavy (non-hydrogen) atoms. The van der Waals surface area contributed by atoms with Gasteiger partial charge in [0.05, 0.1) is 5.56 Å². The van der Waals surface area contributed by atoms with Gasteiger partial charge in [0, 0.05) is 19.5 Å². The summed E-state index contributed by atoms with van der Waals surface area (Å²) in [5, 5.41) is 2.50. The van der Waals surface area contributed by atoms with Gasteiger partial charge in [-0.1, -0.05) is 18.2 Å². The second kappa shape index (κ2) is 5.75. The molecular weight excluding hydrogens is 285 g/mol. The highest BCUT2D eigenvalue weighted by Crippen LogP contribution is 2.32. The maximum Gasteiger partial charge on any atom is 0.416 e. The van der Waals surface area contributed by atoms with E-state index in [1.165, 1.54) is 30.0 Å². The van der Waals surface area contributed by atoms with Crippen LogP contribution in [0.4, 0.5) is 13.2 Å². The molecule has 7 heteroatoms. The van der Waals surface area contributed by atoms with Gasteiger partial charge in [0.1, 0.15) is 6.04 Å². The molecule has 1 unspecified atom stereocenters. The van der Waals surface area contributed by atoms with Crippen molar-refractivity contribution < 1.29 is 22.8 Å². The topological polar surface area (TPSA) is 49.4 Å². The number of rotatable bonds is 2. The lowest BCUT2D eigenvalue weighted by atomic mass is 10.1. The summed E-state index contributed by atoms with van der Waals surface area (Å²) >= 11 is 0. The number of nitrogens with zero attached hydrogens (tertiary/aromatic N) is 1. The third-order valence-corrected chi connectivity index (χ3v) is 3.35. The molecule has 1 aliphatic heterocycles. The zero-order valence-electron chi connectivity index (χ0n) is 11.4. The summed E-state index contributed by atoms with van der Waals surface area (Å²) in [6, 6.07) is 4.42. The Kier molecular flexibility index (Phi) is 4.20. The first-order valence-electron chi connectivity index (χ1n) is 6.52. The van der Waals surface area contributed by atoms with Crippen LogP contribution in [0.3, 0.4) is 0 Å². The summed E-state index contributed by atoms with van der Waals surface area (Å²) in [4.78, 5) is 24.8. The van der Waals surface area contributed by atoms with E-state index in [1.54, 1.807) is 0 Å². The molecule has 1 fully saturated rings. The van der Waals surface area contributed by atoms with Crippen LogP contribution in [0.5, 0.6) is 0 Å². The van der Waals surface area contributed by atoms with Crippen LogP contribution in [0.1, 0.15) is 24.5 Å². The van der Waals surface area contributed by atoms with Crippen molar-refractivity contribution >= 4 is 11.8 Å². The quantitative estimate of drug-likeness (QED) is 0.907. The average molecular weight is 300 g/mol. The van der Waals surface area contributed by atoms with E-state index in [1.807, 2.05) is 0 Å². The van der Waals surface area contributed by atoms with Gasteiger partial charge in [-0.25, -0.2) is 0 Å². The summed E-state index contributed by atoms with van der Waals surface area (Å²) in [6.07, 6.45) is -4.38. The molecular formula is C14H15F3N2O2. The van der Waals surface area contributed by atoms with Crippen molar-refractivity contribution in [2.24, 2.45) is 0 Å². The first-order valence-corrected chi connectivity index (χ1v) is 6.52. The molecule has 1 aromatic carbocycles. The number of alkyl halides is 3. The molecule has 0 saturated carbocycles. The fourth-order valence-corrected chi connectivity index (χ4v) is 2.29. The molecule has 1 N–H and O–H groups in total. The van der Waals surface area contributed by atoms with Gasteiger partial charge in [-0.2, -0.15) is 13.2 Å². The van der Waals surface area contributed by atoms with Gasteiger partial charge in [0.15, 0.2) is 0 Å². The van der Waals surface area contributed by atoms with E-state index in [0.29, 0.717) is 0 Å². The van der Waals surface area contributed by atoms with Crippen molar-refractivity contribution in [1.82, 2.24) is 10.2 Å². The van der Waals surface area contributed by atoms with Crippen LogP contribution in [0, 0.1) is 0 Å². The Balaban J connectivity index is 2.25. The highest BCUT2D eigenvalue weighted by molar-refractivity contribution is 5.89. The third kappa shape index (κ3) is 3.53. The minimum Gasteiger partial charge on any atom is -0.345 e. The first-order chi connectivity index (χ1) is 9.79. The van der Waals surface area contributed by atoms with Crippen LogP contribution in [-0.2, 0) is 22.3 Å². The van der Waals surface area contributed by atoms with Crippen molar-refractivity contribution in [3.63, 3.8) is 0 Å². The summed E-state index contributed by atoms with van der Waals surface area (Å²) in [7, 11) is 0. The zero-order valence-corrected chi connectivity index (χ0v) is 11.4. The Bertz CT molecular complexity index is 557. The molecule has 1 atom stereocenters. The number of nitrogens with one attached hydrogen (secondary N) is 1. The fourth-order valence-electron chi connectivity index (χ4n) is 2.29. The minimum absolute atomic E-state index is 0.0277. The Morgan fingerprint density at radius 3 is 2.62 bits per heavy atom. The maximum atomic E-state index is 12.9. The van der Waals surface area contributed by atoms with Crippen molar-refractivity contribution in [3.05, 3.63) is 35.4 Å². The van der Waals surface area contributed by atoms with E-state index in [-0.39, 0.29) is 36.9 Å². The van der Waals surface area contributed by atoms with Gasteiger partial charge >= 0.3 is 6.18 Å². The predicted molar refractivity (Wildman–Crippen MR) is 69.1 cm³/mol. The standard InChI is InChI=1S/C14H15F3N2O2/c1-9-13(21)19(7-6-12(20)18-9)8-10-4-2-3-5-11(10)14(15,16)17/h2-5,9H,6-8H2,1H3,(H,18,20). The number of benzene rings is 1. The second-order valence-electron chi connectivity index (χ2n) is 4.95. The van der Waals surface area contributed by atoms with Crippen LogP contribution in [0.25, 0.3) is 0 Å². The Labute approximate surface area is 119 Å². The summed E-state index contributed by atoms with van der Waals surface area (Å²) in [6.45, 7) is 1.48. The van der Waals surface area contributed by atoms with E-state index in [0.717, 1.165) is 6.07 Å². The number of hydrogen-bond donors (Lipinski definition) is 1. The average Bonchev–Trinajstić information content (AvgIpc) is 2.52. The predicted octanol–water partition coefficient (Wildman–Crippen LogP) is 1.94. The maximum absolute atomic E-state index is 12.9. The first kappa shape index (κ1) is 15.3. The van der Waals surface area contributed by atoms with Gasteiger partial charge in [0.25, 0.3) is 0 Å². The normalized spacial score (nSPS) is 20.2. The largest absolute Gasteiger partial charge is 0.416 e. The summed E-state index contributed by atoms with van der Waals surface area (Å²) < 4.78 is 38.8. The van der Waals surface area contributed by atoms with Gasteiger partial charge in [-0.05, 0) is 18.6 Å². The van der Waals surface area contributed by atoms with Crippen LogP contribution in [0.2, 0.25) is 0 Å². The smallest absolute Gasteiger partial charge is 0.345 e. The minimum atomic E-state index is -4.47. The molecule has 2 rings (SSSR count). The molecule has 0 aromatic heterocycles. The van der Waals surface area contributed by atoms with Crippen molar-refractivity contribution in [3.8, 4) is 0 Å². The van der Waals surface area contributed by atoms with Crippen molar-refractivity contribution in [2.45, 2.75) is 32.1 Å². The molecule has 1 aromatic rings. The van der Waals surface area contributed by atoms with E-state index in [9.17, 15) is 22.8 Å². The van der Waals surface area contributed by atoms with Crippen LogP contribution >= 0.6 is 0 Å². The van der Waals surface area contributed by atoms with Crippen LogP contribution in [-0.4, -0.2) is 29.3 Å². The molecule has 114 valence electrons. The van der Waals surface area contributed by atoms with Crippen LogP contribution in [0.15, 0.2) is 24.3 Å². The van der Waals surface area contributed by atoms with Gasteiger partial charge in [-0.3, -0.25) is 9.59 Å². The molecule has 0 aliphatic carbocycles. The van der Waals surface area contributed by atoms with Crippen LogP contribution < -0.4 is 5.32 Å². The number of amides is 2. The Morgan fingerprint density at radius 1 is 1.29 bits per heavy atom. The molecule has 1 aliphatic rings. The number of carbonyl (C=O) groups is 2. The monoisotopic (exact) mass is 300 g/mol. The highest BCUT2D eigenvalue weighted by Gasteiger charge is 2.34. The molecule has 0 bridgehead atoms. The van der Waals surface area contributed by atoms with E-state index < -0.39 is 17.8 Å². The van der Waals surface area contributed by atoms with Gasteiger partial charge < -0.3 is 10.2 Å². The SMILES string of the molecule is CC1NC(=O)CCN(Cc2ccccc2C(F)(F)F)C1=O. The summed E-state index contributed by atoms with van der Waals surface area (Å²) in [5.41, 5.74) is -0.728. The zero-order chi connectivity index (χ0) is 15.6. The van der Waals surface area contributed by atoms with Gasteiger partial charge in [-0.15, -0.1) is 0 Å². The molecule has 1 saturated heterocycles. The fraction of sp³-hybridized carbons (Fsp3) is 0.429. The number of halogens is 3. The highest BCUT2D eigenvalue weighted by atomic mass is 19.4. The lowest BCUT2D eigenvalue weighted by Gasteiger charge is -2.24. The van der Waals surface area contributed by atoms with E-state index >= 15 is 0 Å². The molecule has 0 spiro atoms. The third-order valence-electron chi connectivity index (χ3n) is 3.35. The number of carbonyl (C=O) groups excluding carboxylic acids is 2. The number of hydrogen-bond acceptors (Lipinski definition) is 2.